The molecule has 3 aromatic carbocycles. The highest BCUT2D eigenvalue weighted by Crippen LogP contribution is 2.49. The smallest absolute Gasteiger partial charge is 0.305 e. The maximum atomic E-state index is 11.7. The number of carbonyl (C=O) groups excluding carboxylic acids is 1. The molecule has 2 N–H and O–H groups in total. The van der Waals surface area contributed by atoms with Crippen molar-refractivity contribution in [2.45, 2.75) is 38.0 Å². The number of aryl methyl sites for hydroxylation is 1. The molecule has 35 heavy (non-hydrogen) atoms. The van der Waals surface area contributed by atoms with Gasteiger partial charge in [0, 0.05) is 12.0 Å². The number of sulfonamides is 1. The lowest BCUT2D eigenvalue weighted by molar-refractivity contribution is -0.143. The molecule has 0 amide bonds. The van der Waals surface area contributed by atoms with Gasteiger partial charge in [-0.25, -0.2) is 13.6 Å². The molecule has 1 atom stereocenters. The first-order valence-corrected chi connectivity index (χ1v) is 13.2. The topological polar surface area (TPSA) is 105 Å². The zero-order chi connectivity index (χ0) is 25.0. The van der Waals surface area contributed by atoms with Gasteiger partial charge in [0.05, 0.1) is 25.0 Å². The summed E-state index contributed by atoms with van der Waals surface area (Å²) in [6.45, 7) is 2.18. The molecule has 0 saturated carbocycles. The number of primary sulfonamides is 1. The Morgan fingerprint density at radius 2 is 1.86 bits per heavy atom. The highest BCUT2D eigenvalue weighted by Gasteiger charge is 2.30. The SMILES string of the molecule is CCOC(=O)CCCc1cccc(C2Oc3cccc(OC)c3-c3ccc(CS(N)(=O)=O)cc32)c1. The minimum Gasteiger partial charge on any atom is -0.496 e. The summed E-state index contributed by atoms with van der Waals surface area (Å²) in [7, 11) is -2.08. The van der Waals surface area contributed by atoms with E-state index in [2.05, 4.69) is 6.07 Å². The molecule has 0 aliphatic carbocycles. The average molecular weight is 496 g/mol. The Labute approximate surface area is 205 Å². The lowest BCUT2D eigenvalue weighted by atomic mass is 9.87. The minimum atomic E-state index is -3.69. The maximum absolute atomic E-state index is 11.7. The van der Waals surface area contributed by atoms with Gasteiger partial charge in [-0.15, -0.1) is 0 Å². The van der Waals surface area contributed by atoms with E-state index in [9.17, 15) is 13.2 Å². The quantitative estimate of drug-likeness (QED) is 0.438. The molecular formula is C27H29NO6S. The summed E-state index contributed by atoms with van der Waals surface area (Å²) in [5.74, 6) is 0.906. The van der Waals surface area contributed by atoms with Crippen LogP contribution in [0.1, 0.15) is 48.1 Å². The molecule has 3 aromatic rings. The zero-order valence-corrected chi connectivity index (χ0v) is 20.6. The third-order valence-electron chi connectivity index (χ3n) is 5.89. The fraction of sp³-hybridized carbons (Fsp3) is 0.296. The predicted molar refractivity (Wildman–Crippen MR) is 134 cm³/mol. The highest BCUT2D eigenvalue weighted by atomic mass is 32.2. The van der Waals surface area contributed by atoms with Crippen molar-refractivity contribution in [2.24, 2.45) is 5.14 Å². The Kier molecular flexibility index (Phi) is 7.42. The fourth-order valence-electron chi connectivity index (χ4n) is 4.44. The van der Waals surface area contributed by atoms with Crippen molar-refractivity contribution in [3.05, 3.63) is 82.9 Å². The summed E-state index contributed by atoms with van der Waals surface area (Å²) in [5.41, 5.74) is 5.18. The second-order valence-corrected chi connectivity index (χ2v) is 10.1. The van der Waals surface area contributed by atoms with Crippen LogP contribution in [0.25, 0.3) is 11.1 Å². The lowest BCUT2D eigenvalue weighted by Crippen LogP contribution is -2.18. The molecule has 0 bridgehead atoms. The molecule has 0 radical (unpaired) electrons. The molecule has 1 unspecified atom stereocenters. The Morgan fingerprint density at radius 1 is 1.06 bits per heavy atom. The predicted octanol–water partition coefficient (Wildman–Crippen LogP) is 4.52. The number of methoxy groups -OCH3 is 1. The average Bonchev–Trinajstić information content (AvgIpc) is 2.82. The molecule has 4 rings (SSSR count). The second-order valence-electron chi connectivity index (χ2n) is 8.46. The van der Waals surface area contributed by atoms with E-state index in [0.29, 0.717) is 36.5 Å². The van der Waals surface area contributed by atoms with E-state index in [-0.39, 0.29) is 11.7 Å². The van der Waals surface area contributed by atoms with Crippen LogP contribution in [0.2, 0.25) is 0 Å². The molecule has 184 valence electrons. The van der Waals surface area contributed by atoms with Gasteiger partial charge in [0.25, 0.3) is 0 Å². The molecule has 8 heteroatoms. The molecular weight excluding hydrogens is 466 g/mol. The zero-order valence-electron chi connectivity index (χ0n) is 19.8. The number of hydrogen-bond acceptors (Lipinski definition) is 6. The van der Waals surface area contributed by atoms with E-state index >= 15 is 0 Å². The third kappa shape index (κ3) is 5.83. The summed E-state index contributed by atoms with van der Waals surface area (Å²) in [5, 5.41) is 5.31. The number of benzene rings is 3. The van der Waals surface area contributed by atoms with Crippen molar-refractivity contribution in [1.82, 2.24) is 0 Å². The molecule has 0 fully saturated rings. The van der Waals surface area contributed by atoms with Crippen LogP contribution in [0.5, 0.6) is 11.5 Å². The van der Waals surface area contributed by atoms with Crippen LogP contribution in [-0.2, 0) is 31.7 Å². The Morgan fingerprint density at radius 3 is 2.60 bits per heavy atom. The monoisotopic (exact) mass is 495 g/mol. The Bertz CT molecular complexity index is 1340. The summed E-state index contributed by atoms with van der Waals surface area (Å²) in [6, 6.07) is 19.2. The van der Waals surface area contributed by atoms with Crippen molar-refractivity contribution in [3.63, 3.8) is 0 Å². The van der Waals surface area contributed by atoms with Crippen LogP contribution < -0.4 is 14.6 Å². The van der Waals surface area contributed by atoms with Crippen molar-refractivity contribution < 1.29 is 27.4 Å². The van der Waals surface area contributed by atoms with Gasteiger partial charge in [-0.3, -0.25) is 4.79 Å². The first-order chi connectivity index (χ1) is 16.8. The summed E-state index contributed by atoms with van der Waals surface area (Å²) in [4.78, 5) is 11.7. The van der Waals surface area contributed by atoms with Crippen LogP contribution in [0.3, 0.4) is 0 Å². The summed E-state index contributed by atoms with van der Waals surface area (Å²) < 4.78 is 40.6. The summed E-state index contributed by atoms with van der Waals surface area (Å²) >= 11 is 0. The third-order valence-corrected chi connectivity index (χ3v) is 6.63. The molecule has 1 aliphatic heterocycles. The van der Waals surface area contributed by atoms with Gasteiger partial charge in [-0.2, -0.15) is 0 Å². The molecule has 0 spiro atoms. The minimum absolute atomic E-state index is 0.193. The Balaban J connectivity index is 1.71. The number of carbonyl (C=O) groups is 1. The van der Waals surface area contributed by atoms with E-state index in [1.54, 1.807) is 20.1 Å². The number of hydrogen-bond donors (Lipinski definition) is 1. The number of fused-ring (bicyclic) bond motifs is 3. The van der Waals surface area contributed by atoms with Gasteiger partial charge in [-0.05, 0) is 54.2 Å². The van der Waals surface area contributed by atoms with Crippen LogP contribution >= 0.6 is 0 Å². The number of rotatable bonds is 9. The molecule has 1 heterocycles. The van der Waals surface area contributed by atoms with Gasteiger partial charge >= 0.3 is 5.97 Å². The first kappa shape index (κ1) is 24.8. The van der Waals surface area contributed by atoms with E-state index in [0.717, 1.165) is 34.2 Å². The van der Waals surface area contributed by atoms with Crippen LogP contribution in [-0.4, -0.2) is 28.1 Å². The van der Waals surface area contributed by atoms with E-state index in [4.69, 9.17) is 19.3 Å². The van der Waals surface area contributed by atoms with E-state index < -0.39 is 16.1 Å². The molecule has 0 aromatic heterocycles. The lowest BCUT2D eigenvalue weighted by Gasteiger charge is -2.30. The number of nitrogens with two attached hydrogens (primary N) is 1. The second kappa shape index (κ2) is 10.5. The van der Waals surface area contributed by atoms with Crippen molar-refractivity contribution in [3.8, 4) is 22.6 Å². The van der Waals surface area contributed by atoms with E-state index in [1.165, 1.54) is 0 Å². The largest absolute Gasteiger partial charge is 0.496 e. The molecule has 1 aliphatic rings. The standard InChI is InChI=1S/C27H29NO6S/c1-3-33-25(29)12-5-8-18-7-4-9-20(15-18)27-22-16-19(17-35(28,30)31)13-14-21(22)26-23(32-2)10-6-11-24(26)34-27/h4,6-7,9-11,13-16,27H,3,5,8,12,17H2,1-2H3,(H2,28,30,31). The normalized spacial score (nSPS) is 14.4. The summed E-state index contributed by atoms with van der Waals surface area (Å²) in [6.07, 6.45) is 1.32. The van der Waals surface area contributed by atoms with Crippen molar-refractivity contribution in [2.75, 3.05) is 13.7 Å². The molecule has 7 nitrogen and oxygen atoms in total. The maximum Gasteiger partial charge on any atom is 0.305 e. The van der Waals surface area contributed by atoms with Gasteiger partial charge in [0.15, 0.2) is 0 Å². The van der Waals surface area contributed by atoms with E-state index in [1.807, 2.05) is 48.5 Å². The van der Waals surface area contributed by atoms with Crippen molar-refractivity contribution in [1.29, 1.82) is 0 Å². The van der Waals surface area contributed by atoms with Crippen LogP contribution in [0, 0.1) is 0 Å². The molecule has 0 saturated heterocycles. The van der Waals surface area contributed by atoms with Crippen LogP contribution in [0.4, 0.5) is 0 Å². The van der Waals surface area contributed by atoms with Crippen LogP contribution in [0.15, 0.2) is 60.7 Å². The number of ether oxygens (including phenoxy) is 3. The first-order valence-electron chi connectivity index (χ1n) is 11.5. The fourth-order valence-corrected chi connectivity index (χ4v) is 5.09. The van der Waals surface area contributed by atoms with Gasteiger partial charge in [0.2, 0.25) is 10.0 Å². The Hall–Kier alpha value is -3.36. The van der Waals surface area contributed by atoms with Gasteiger partial charge < -0.3 is 14.2 Å². The van der Waals surface area contributed by atoms with Gasteiger partial charge in [0.1, 0.15) is 17.6 Å². The number of esters is 1. The van der Waals surface area contributed by atoms with Gasteiger partial charge in [-0.1, -0.05) is 48.5 Å². The van der Waals surface area contributed by atoms with Crippen molar-refractivity contribution >= 4 is 16.0 Å². The highest BCUT2D eigenvalue weighted by molar-refractivity contribution is 7.88.